The third kappa shape index (κ3) is 4.50. The normalized spacial score (nSPS) is 15.9. The lowest BCUT2D eigenvalue weighted by Gasteiger charge is -2.37. The molecule has 3 nitrogen and oxygen atoms in total. The average Bonchev–Trinajstić information content (AvgIpc) is 3.25. The third-order valence-electron chi connectivity index (χ3n) is 5.59. The molecule has 29 heavy (non-hydrogen) atoms. The SMILES string of the molecule is C=C[C@@H](c1ccccc1)[C@@H](C(=O)NCc1ccccc1)N1CCc2sccc2C1. The first-order valence-electron chi connectivity index (χ1n) is 10.0. The van der Waals surface area contributed by atoms with Crippen LogP contribution in [0.4, 0.5) is 0 Å². The first-order chi connectivity index (χ1) is 14.3. The highest BCUT2D eigenvalue weighted by Gasteiger charge is 2.35. The second-order valence-corrected chi connectivity index (χ2v) is 8.41. The molecule has 0 saturated heterocycles. The van der Waals surface area contributed by atoms with Crippen molar-refractivity contribution in [2.75, 3.05) is 6.54 Å². The number of carbonyl (C=O) groups is 1. The van der Waals surface area contributed by atoms with Crippen LogP contribution in [0.3, 0.4) is 0 Å². The first-order valence-corrected chi connectivity index (χ1v) is 10.9. The summed E-state index contributed by atoms with van der Waals surface area (Å²) >= 11 is 1.82. The molecule has 0 aliphatic carbocycles. The number of nitrogens with one attached hydrogen (secondary N) is 1. The van der Waals surface area contributed by atoms with Gasteiger partial charge < -0.3 is 5.32 Å². The van der Waals surface area contributed by atoms with Gasteiger partial charge in [-0.3, -0.25) is 9.69 Å². The van der Waals surface area contributed by atoms with Crippen LogP contribution in [0.25, 0.3) is 0 Å². The van der Waals surface area contributed by atoms with Crippen LogP contribution >= 0.6 is 11.3 Å². The largest absolute Gasteiger partial charge is 0.351 e. The van der Waals surface area contributed by atoms with Crippen LogP contribution < -0.4 is 5.32 Å². The summed E-state index contributed by atoms with van der Waals surface area (Å²) in [5.74, 6) is -0.00607. The van der Waals surface area contributed by atoms with E-state index in [0.29, 0.717) is 6.54 Å². The van der Waals surface area contributed by atoms with E-state index in [0.717, 1.165) is 30.6 Å². The molecule has 0 fully saturated rings. The summed E-state index contributed by atoms with van der Waals surface area (Å²) in [6.45, 7) is 6.31. The van der Waals surface area contributed by atoms with E-state index < -0.39 is 0 Å². The summed E-state index contributed by atoms with van der Waals surface area (Å²) in [6, 6.07) is 22.2. The quantitative estimate of drug-likeness (QED) is 0.578. The zero-order valence-corrected chi connectivity index (χ0v) is 17.3. The fourth-order valence-electron chi connectivity index (χ4n) is 4.08. The first kappa shape index (κ1) is 19.6. The topological polar surface area (TPSA) is 32.3 Å². The fraction of sp³-hybridized carbons (Fsp3) is 0.240. The molecule has 1 N–H and O–H groups in total. The molecule has 0 saturated carbocycles. The highest BCUT2D eigenvalue weighted by molar-refractivity contribution is 7.10. The van der Waals surface area contributed by atoms with Crippen LogP contribution in [0.5, 0.6) is 0 Å². The summed E-state index contributed by atoms with van der Waals surface area (Å²) in [6.07, 6.45) is 2.92. The highest BCUT2D eigenvalue weighted by atomic mass is 32.1. The number of rotatable bonds is 7. The highest BCUT2D eigenvalue weighted by Crippen LogP contribution is 2.31. The third-order valence-corrected chi connectivity index (χ3v) is 6.61. The summed E-state index contributed by atoms with van der Waals surface area (Å²) in [5.41, 5.74) is 3.57. The van der Waals surface area contributed by atoms with E-state index in [1.54, 1.807) is 0 Å². The maximum absolute atomic E-state index is 13.4. The Labute approximate surface area is 176 Å². The van der Waals surface area contributed by atoms with Gasteiger partial charge in [-0.25, -0.2) is 0 Å². The molecular formula is C25H26N2OS. The van der Waals surface area contributed by atoms with Crippen LogP contribution in [-0.4, -0.2) is 23.4 Å². The zero-order chi connectivity index (χ0) is 20.1. The standard InChI is InChI=1S/C25H26N2OS/c1-2-22(20-11-7-4-8-12-20)24(25(28)26-17-19-9-5-3-6-10-19)27-15-13-23-21(18-27)14-16-29-23/h2-12,14,16,22,24H,1,13,15,17-18H2,(H,26,28)/t22-,24-/m0/s1. The maximum atomic E-state index is 13.4. The minimum Gasteiger partial charge on any atom is -0.351 e. The van der Waals surface area contributed by atoms with Gasteiger partial charge in [-0.2, -0.15) is 0 Å². The molecule has 2 heterocycles. The lowest BCUT2D eigenvalue weighted by atomic mass is 9.88. The van der Waals surface area contributed by atoms with Crippen molar-refractivity contribution < 1.29 is 4.79 Å². The van der Waals surface area contributed by atoms with E-state index in [4.69, 9.17) is 0 Å². The maximum Gasteiger partial charge on any atom is 0.238 e. The van der Waals surface area contributed by atoms with E-state index in [1.165, 1.54) is 10.4 Å². The van der Waals surface area contributed by atoms with E-state index in [-0.39, 0.29) is 17.9 Å². The van der Waals surface area contributed by atoms with Gasteiger partial charge in [0, 0.05) is 30.4 Å². The molecule has 2 aromatic carbocycles. The monoisotopic (exact) mass is 402 g/mol. The van der Waals surface area contributed by atoms with E-state index in [9.17, 15) is 4.79 Å². The number of fused-ring (bicyclic) bond motifs is 1. The predicted octanol–water partition coefficient (Wildman–Crippen LogP) is 4.76. The van der Waals surface area contributed by atoms with Crippen molar-refractivity contribution in [1.82, 2.24) is 10.2 Å². The van der Waals surface area contributed by atoms with Crippen LogP contribution in [-0.2, 0) is 24.3 Å². The lowest BCUT2D eigenvalue weighted by Crippen LogP contribution is -2.51. The van der Waals surface area contributed by atoms with E-state index in [2.05, 4.69) is 40.4 Å². The van der Waals surface area contributed by atoms with E-state index in [1.807, 2.05) is 65.9 Å². The molecule has 4 rings (SSSR count). The van der Waals surface area contributed by atoms with Crippen molar-refractivity contribution in [3.63, 3.8) is 0 Å². The van der Waals surface area contributed by atoms with Crippen molar-refractivity contribution >= 4 is 17.2 Å². The molecule has 0 spiro atoms. The number of hydrogen-bond donors (Lipinski definition) is 1. The molecule has 0 unspecified atom stereocenters. The van der Waals surface area contributed by atoms with Gasteiger partial charge in [-0.15, -0.1) is 17.9 Å². The number of amides is 1. The van der Waals surface area contributed by atoms with Crippen LogP contribution in [0.2, 0.25) is 0 Å². The summed E-state index contributed by atoms with van der Waals surface area (Å²) in [7, 11) is 0. The van der Waals surface area contributed by atoms with Crippen LogP contribution in [0.1, 0.15) is 27.5 Å². The Morgan fingerprint density at radius 2 is 1.83 bits per heavy atom. The smallest absolute Gasteiger partial charge is 0.238 e. The van der Waals surface area contributed by atoms with E-state index >= 15 is 0 Å². The van der Waals surface area contributed by atoms with Crippen molar-refractivity contribution in [2.45, 2.75) is 31.5 Å². The Hall–Kier alpha value is -2.69. The van der Waals surface area contributed by atoms with Gasteiger partial charge in [0.05, 0.1) is 6.04 Å². The van der Waals surface area contributed by atoms with Crippen molar-refractivity contribution in [3.05, 3.63) is 106 Å². The Kier molecular flexibility index (Phi) is 6.23. The molecule has 2 atom stereocenters. The molecule has 148 valence electrons. The molecule has 4 heteroatoms. The van der Waals surface area contributed by atoms with Gasteiger partial charge >= 0.3 is 0 Å². The van der Waals surface area contributed by atoms with Gasteiger partial charge in [-0.1, -0.05) is 66.7 Å². The average molecular weight is 403 g/mol. The van der Waals surface area contributed by atoms with Crippen LogP contribution in [0, 0.1) is 0 Å². The van der Waals surface area contributed by atoms with Crippen molar-refractivity contribution in [2.24, 2.45) is 0 Å². The number of nitrogens with zero attached hydrogens (tertiary/aromatic N) is 1. The number of benzene rings is 2. The number of hydrogen-bond acceptors (Lipinski definition) is 3. The van der Waals surface area contributed by atoms with Gasteiger partial charge in [0.1, 0.15) is 0 Å². The fourth-order valence-corrected chi connectivity index (χ4v) is 4.97. The van der Waals surface area contributed by atoms with Crippen molar-refractivity contribution in [1.29, 1.82) is 0 Å². The second-order valence-electron chi connectivity index (χ2n) is 7.41. The number of thiophene rings is 1. The molecule has 1 aliphatic rings. The summed E-state index contributed by atoms with van der Waals surface area (Å²) in [5, 5.41) is 5.33. The summed E-state index contributed by atoms with van der Waals surface area (Å²) < 4.78 is 0. The molecule has 0 radical (unpaired) electrons. The number of carbonyl (C=O) groups excluding carboxylic acids is 1. The molecule has 0 bridgehead atoms. The zero-order valence-electron chi connectivity index (χ0n) is 16.5. The molecule has 1 aromatic heterocycles. The Morgan fingerprint density at radius 1 is 1.10 bits per heavy atom. The van der Waals surface area contributed by atoms with Gasteiger partial charge in [0.2, 0.25) is 5.91 Å². The summed E-state index contributed by atoms with van der Waals surface area (Å²) in [4.78, 5) is 17.2. The molecule has 3 aromatic rings. The van der Waals surface area contributed by atoms with Crippen molar-refractivity contribution in [3.8, 4) is 0 Å². The Bertz CT molecular complexity index is 951. The predicted molar refractivity (Wildman–Crippen MR) is 120 cm³/mol. The van der Waals surface area contributed by atoms with Gasteiger partial charge in [-0.05, 0) is 34.6 Å². The molecular weight excluding hydrogens is 376 g/mol. The van der Waals surface area contributed by atoms with Gasteiger partial charge in [0.25, 0.3) is 0 Å². The Balaban J connectivity index is 1.59. The molecule has 1 amide bonds. The minimum absolute atomic E-state index is 0.0567. The van der Waals surface area contributed by atoms with Gasteiger partial charge in [0.15, 0.2) is 0 Å². The second kappa shape index (κ2) is 9.21. The Morgan fingerprint density at radius 3 is 2.55 bits per heavy atom. The molecule has 1 aliphatic heterocycles. The minimum atomic E-state index is -0.285. The lowest BCUT2D eigenvalue weighted by molar-refractivity contribution is -0.127. The van der Waals surface area contributed by atoms with Crippen LogP contribution in [0.15, 0.2) is 84.8 Å².